The average Bonchev–Trinajstić information content (AvgIpc) is 2.80. The molecule has 0 saturated carbocycles. The molecule has 2 amide bonds. The fraction of sp³-hybridized carbons (Fsp3) is 0.538. The maximum Gasteiger partial charge on any atom is 0.261 e. The lowest BCUT2D eigenvalue weighted by molar-refractivity contribution is -0.0711. The van der Waals surface area contributed by atoms with Gasteiger partial charge < -0.3 is 9.47 Å². The lowest BCUT2D eigenvalue weighted by Gasteiger charge is -2.37. The molecule has 33 heavy (non-hydrogen) atoms. The summed E-state index contributed by atoms with van der Waals surface area (Å²) in [7, 11) is 1.73. The molecule has 1 fully saturated rings. The molecule has 2 aliphatic rings. The number of carbonyl (C=O) groups is 2. The highest BCUT2D eigenvalue weighted by Crippen LogP contribution is 2.29. The number of benzene rings is 2. The molecule has 2 aromatic carbocycles. The molecule has 178 valence electrons. The van der Waals surface area contributed by atoms with Crippen molar-refractivity contribution in [3.63, 3.8) is 0 Å². The van der Waals surface area contributed by atoms with Gasteiger partial charge in [0.1, 0.15) is 0 Å². The number of imide groups is 1. The largest absolute Gasteiger partial charge is 0.378 e. The topological polar surface area (TPSA) is 62.3 Å². The minimum atomic E-state index is -0.190. The van der Waals surface area contributed by atoms with Gasteiger partial charge in [-0.25, -0.2) is 0 Å². The lowest BCUT2D eigenvalue weighted by atomic mass is 9.94. The van der Waals surface area contributed by atoms with Crippen LogP contribution >= 0.6 is 0 Å². The number of hydrogen-bond acceptors (Lipinski definition) is 6. The number of nitrogens with zero attached hydrogens (tertiary/aromatic N) is 3. The quantitative estimate of drug-likeness (QED) is 0.573. The van der Waals surface area contributed by atoms with Gasteiger partial charge in [-0.1, -0.05) is 24.3 Å². The Hall–Kier alpha value is -2.32. The Balaban J connectivity index is 1.30. The summed E-state index contributed by atoms with van der Waals surface area (Å²) in [6.45, 7) is 12.3. The molecule has 2 heterocycles. The normalized spacial score (nSPS) is 18.8. The van der Waals surface area contributed by atoms with E-state index in [1.807, 2.05) is 36.4 Å². The first-order valence-corrected chi connectivity index (χ1v) is 11.8. The molecular weight excluding hydrogens is 418 g/mol. The molecule has 1 unspecified atom stereocenters. The molecule has 2 aliphatic heterocycles. The summed E-state index contributed by atoms with van der Waals surface area (Å²) < 4.78 is 11.5. The van der Waals surface area contributed by atoms with Crippen molar-refractivity contribution in [2.75, 3.05) is 59.5 Å². The SMILES string of the molecule is COC(COC(C)(C)C)CN1CCN(CCN2C(=O)c3cccc4cccc(c34)C2=O)CC1. The van der Waals surface area contributed by atoms with Crippen molar-refractivity contribution in [3.05, 3.63) is 47.5 Å². The summed E-state index contributed by atoms with van der Waals surface area (Å²) in [5, 5.41) is 1.72. The summed E-state index contributed by atoms with van der Waals surface area (Å²) in [6.07, 6.45) is 0.0437. The molecule has 0 aliphatic carbocycles. The molecule has 2 aromatic rings. The number of piperazine rings is 1. The maximum absolute atomic E-state index is 13.1. The van der Waals surface area contributed by atoms with Crippen molar-refractivity contribution in [2.24, 2.45) is 0 Å². The summed E-state index contributed by atoms with van der Waals surface area (Å²) in [4.78, 5) is 32.3. The number of methoxy groups -OCH3 is 1. The fourth-order valence-electron chi connectivity index (χ4n) is 4.55. The Bertz CT molecular complexity index is 958. The zero-order chi connectivity index (χ0) is 23.6. The third-order valence-electron chi connectivity index (χ3n) is 6.46. The molecule has 0 N–H and O–H groups in total. The Kier molecular flexibility index (Phi) is 7.14. The summed E-state index contributed by atoms with van der Waals surface area (Å²) >= 11 is 0. The standard InChI is InChI=1S/C26H35N3O4/c1-26(2,3)33-18-20(32-4)17-28-13-11-27(12-14-28)15-16-29-24(30)21-9-5-7-19-8-6-10-22(23(19)21)25(29)31/h5-10,20H,11-18H2,1-4H3. The van der Waals surface area contributed by atoms with Gasteiger partial charge in [0.25, 0.3) is 11.8 Å². The first-order chi connectivity index (χ1) is 15.8. The first-order valence-electron chi connectivity index (χ1n) is 11.8. The number of carbonyl (C=O) groups excluding carboxylic acids is 2. The van der Waals surface area contributed by atoms with Gasteiger partial charge in [-0.2, -0.15) is 0 Å². The zero-order valence-corrected chi connectivity index (χ0v) is 20.2. The minimum Gasteiger partial charge on any atom is -0.378 e. The van der Waals surface area contributed by atoms with Crippen LogP contribution in [0.4, 0.5) is 0 Å². The average molecular weight is 454 g/mol. The predicted octanol–water partition coefficient (Wildman–Crippen LogP) is 2.88. The van der Waals surface area contributed by atoms with Crippen molar-refractivity contribution < 1.29 is 19.1 Å². The van der Waals surface area contributed by atoms with Crippen LogP contribution in [0.5, 0.6) is 0 Å². The van der Waals surface area contributed by atoms with E-state index in [0.717, 1.165) is 43.5 Å². The van der Waals surface area contributed by atoms with Crippen LogP contribution in [0.25, 0.3) is 10.8 Å². The van der Waals surface area contributed by atoms with Crippen molar-refractivity contribution >= 4 is 22.6 Å². The Morgan fingerprint density at radius 3 is 2.00 bits per heavy atom. The van der Waals surface area contributed by atoms with E-state index in [0.29, 0.717) is 30.8 Å². The van der Waals surface area contributed by atoms with Crippen LogP contribution in [0.2, 0.25) is 0 Å². The summed E-state index contributed by atoms with van der Waals surface area (Å²) in [5.41, 5.74) is 1.07. The first kappa shape index (κ1) is 23.8. The van der Waals surface area contributed by atoms with E-state index in [9.17, 15) is 9.59 Å². The minimum absolute atomic E-state index is 0.0437. The Morgan fingerprint density at radius 2 is 1.45 bits per heavy atom. The van der Waals surface area contributed by atoms with Gasteiger partial charge in [0.2, 0.25) is 0 Å². The van der Waals surface area contributed by atoms with Gasteiger partial charge >= 0.3 is 0 Å². The molecule has 0 bridgehead atoms. The lowest BCUT2D eigenvalue weighted by Crippen LogP contribution is -2.52. The molecule has 1 saturated heterocycles. The molecular formula is C26H35N3O4. The van der Waals surface area contributed by atoms with Crippen LogP contribution in [0.3, 0.4) is 0 Å². The van der Waals surface area contributed by atoms with Gasteiger partial charge in [0.15, 0.2) is 0 Å². The van der Waals surface area contributed by atoms with Crippen molar-refractivity contribution in [1.29, 1.82) is 0 Å². The van der Waals surface area contributed by atoms with E-state index < -0.39 is 0 Å². The number of amides is 2. The second kappa shape index (κ2) is 9.89. The molecule has 7 heteroatoms. The Labute approximate surface area is 196 Å². The molecule has 7 nitrogen and oxygen atoms in total. The predicted molar refractivity (Wildman–Crippen MR) is 129 cm³/mol. The molecule has 0 aromatic heterocycles. The summed E-state index contributed by atoms with van der Waals surface area (Å²) in [6, 6.07) is 11.3. The van der Waals surface area contributed by atoms with E-state index in [2.05, 4.69) is 30.6 Å². The third kappa shape index (κ3) is 5.44. The van der Waals surface area contributed by atoms with Crippen molar-refractivity contribution in [2.45, 2.75) is 32.5 Å². The van der Waals surface area contributed by atoms with Gasteiger partial charge in [0.05, 0.1) is 18.3 Å². The monoisotopic (exact) mass is 453 g/mol. The van der Waals surface area contributed by atoms with Crippen LogP contribution in [-0.2, 0) is 9.47 Å². The fourth-order valence-corrected chi connectivity index (χ4v) is 4.55. The molecule has 0 spiro atoms. The number of ether oxygens (including phenoxy) is 2. The zero-order valence-electron chi connectivity index (χ0n) is 20.2. The van der Waals surface area contributed by atoms with Crippen molar-refractivity contribution in [3.8, 4) is 0 Å². The number of rotatable bonds is 8. The molecule has 1 atom stereocenters. The highest BCUT2D eigenvalue weighted by Gasteiger charge is 2.33. The second-order valence-electron chi connectivity index (χ2n) is 9.89. The highest BCUT2D eigenvalue weighted by molar-refractivity contribution is 6.25. The third-order valence-corrected chi connectivity index (χ3v) is 6.46. The second-order valence-corrected chi connectivity index (χ2v) is 9.89. The van der Waals surface area contributed by atoms with Gasteiger partial charge in [0, 0.05) is 69.4 Å². The van der Waals surface area contributed by atoms with E-state index >= 15 is 0 Å². The van der Waals surface area contributed by atoms with Crippen LogP contribution in [0.15, 0.2) is 36.4 Å². The van der Waals surface area contributed by atoms with E-state index in [1.54, 1.807) is 7.11 Å². The highest BCUT2D eigenvalue weighted by atomic mass is 16.5. The van der Waals surface area contributed by atoms with Gasteiger partial charge in [-0.15, -0.1) is 0 Å². The van der Waals surface area contributed by atoms with Crippen LogP contribution in [0, 0.1) is 0 Å². The van der Waals surface area contributed by atoms with E-state index in [1.165, 1.54) is 4.90 Å². The van der Waals surface area contributed by atoms with Crippen LogP contribution < -0.4 is 0 Å². The van der Waals surface area contributed by atoms with Crippen molar-refractivity contribution in [1.82, 2.24) is 14.7 Å². The van der Waals surface area contributed by atoms with Gasteiger partial charge in [-0.3, -0.25) is 24.3 Å². The molecule has 0 radical (unpaired) electrons. The maximum atomic E-state index is 13.1. The van der Waals surface area contributed by atoms with E-state index in [4.69, 9.17) is 9.47 Å². The number of hydrogen-bond donors (Lipinski definition) is 0. The van der Waals surface area contributed by atoms with E-state index in [-0.39, 0.29) is 23.5 Å². The van der Waals surface area contributed by atoms with Crippen LogP contribution in [0.1, 0.15) is 41.5 Å². The molecule has 4 rings (SSSR count). The van der Waals surface area contributed by atoms with Gasteiger partial charge in [-0.05, 0) is 38.3 Å². The Morgan fingerprint density at radius 1 is 0.879 bits per heavy atom. The smallest absolute Gasteiger partial charge is 0.261 e. The van der Waals surface area contributed by atoms with Crippen LogP contribution in [-0.4, -0.2) is 97.7 Å². The summed E-state index contributed by atoms with van der Waals surface area (Å²) in [5.74, 6) is -0.380.